The number of benzene rings is 3. The van der Waals surface area contributed by atoms with Gasteiger partial charge in [0.15, 0.2) is 0 Å². The van der Waals surface area contributed by atoms with E-state index >= 15 is 0 Å². The number of aromatic nitrogens is 2. The highest BCUT2D eigenvalue weighted by Crippen LogP contribution is 2.44. The fourth-order valence-electron chi connectivity index (χ4n) is 6.24. The van der Waals surface area contributed by atoms with Gasteiger partial charge in [-0.25, -0.2) is 9.78 Å². The van der Waals surface area contributed by atoms with Gasteiger partial charge in [0.05, 0.1) is 35.7 Å². The molecule has 3 heterocycles. The van der Waals surface area contributed by atoms with Crippen LogP contribution in [0.5, 0.6) is 17.2 Å². The Hall–Kier alpha value is -5.36. The second-order valence-corrected chi connectivity index (χ2v) is 20.7. The minimum atomic E-state index is -4.83. The molecule has 0 radical (unpaired) electrons. The second kappa shape index (κ2) is 16.2. The number of nitriles is 1. The van der Waals surface area contributed by atoms with Crippen molar-refractivity contribution in [3.63, 3.8) is 0 Å². The van der Waals surface area contributed by atoms with Crippen LogP contribution in [0.2, 0.25) is 25.7 Å². The maximum absolute atomic E-state index is 14.6. The van der Waals surface area contributed by atoms with E-state index in [9.17, 15) is 23.2 Å². The predicted octanol–water partition coefficient (Wildman–Crippen LogP) is 9.58. The number of pyridine rings is 1. The van der Waals surface area contributed by atoms with Crippen molar-refractivity contribution in [3.05, 3.63) is 102 Å². The Labute approximate surface area is 319 Å². The molecule has 0 aliphatic carbocycles. The highest BCUT2D eigenvalue weighted by molar-refractivity contribution is 6.76. The molecular weight excluding hydrogens is 728 g/mol. The number of anilines is 1. The molecule has 1 saturated heterocycles. The summed E-state index contributed by atoms with van der Waals surface area (Å²) in [4.78, 5) is 17.5. The molecule has 55 heavy (non-hydrogen) atoms. The standard InChI is InChI=1S/C41H44F3N5O5Si/c1-27(2)53-34-13-11-28(19-29(34)21-45)32-22-49(26-51-17-18-55(3,4)5)38-37(32)36(15-16-46-38)54-35-14-12-31(20-33(35)41(42,43)44)48-39(50)47-23-40(24-52-25-40)30-9-7-6-8-10-30/h6-16,19-20,22,27H,17-18,23-26H2,1-5H3,(H2,47,48,50). The molecule has 5 aromatic rings. The van der Waals surface area contributed by atoms with Crippen LogP contribution in [-0.4, -0.2) is 56.1 Å². The first kappa shape index (κ1) is 39.3. The van der Waals surface area contributed by atoms with Crippen molar-refractivity contribution in [2.45, 2.75) is 64.0 Å². The normalized spacial score (nSPS) is 14.0. The molecule has 1 aliphatic heterocycles. The minimum absolute atomic E-state index is 0.0641. The van der Waals surface area contributed by atoms with E-state index in [2.05, 4.69) is 41.3 Å². The molecule has 2 aromatic heterocycles. The number of nitrogens with zero attached hydrogens (tertiary/aromatic N) is 3. The van der Waals surface area contributed by atoms with Crippen molar-refractivity contribution in [1.82, 2.24) is 14.9 Å². The third-order valence-electron chi connectivity index (χ3n) is 9.21. The van der Waals surface area contributed by atoms with Crippen LogP contribution in [0.1, 0.15) is 30.5 Å². The Balaban J connectivity index is 1.31. The third kappa shape index (κ3) is 9.30. The van der Waals surface area contributed by atoms with Gasteiger partial charge in [-0.2, -0.15) is 18.4 Å². The molecule has 3 aromatic carbocycles. The number of hydrogen-bond acceptors (Lipinski definition) is 7. The van der Waals surface area contributed by atoms with E-state index < -0.39 is 37.0 Å². The van der Waals surface area contributed by atoms with Gasteiger partial charge < -0.3 is 34.1 Å². The lowest BCUT2D eigenvalue weighted by Gasteiger charge is -2.42. The third-order valence-corrected chi connectivity index (χ3v) is 10.9. The summed E-state index contributed by atoms with van der Waals surface area (Å²) in [5.74, 6) is 0.0584. The molecule has 10 nitrogen and oxygen atoms in total. The van der Waals surface area contributed by atoms with E-state index in [0.717, 1.165) is 17.7 Å². The number of rotatable bonds is 14. The molecule has 1 fully saturated rings. The summed E-state index contributed by atoms with van der Waals surface area (Å²) < 4.78 is 69.1. The number of nitrogens with one attached hydrogen (secondary N) is 2. The molecule has 288 valence electrons. The van der Waals surface area contributed by atoms with Crippen molar-refractivity contribution in [2.24, 2.45) is 0 Å². The summed E-state index contributed by atoms with van der Waals surface area (Å²) in [5, 5.41) is 15.7. The summed E-state index contributed by atoms with van der Waals surface area (Å²) in [6, 6.07) is 22.1. The monoisotopic (exact) mass is 771 g/mol. The summed E-state index contributed by atoms with van der Waals surface area (Å²) >= 11 is 0. The number of alkyl halides is 3. The van der Waals surface area contributed by atoms with E-state index in [1.165, 1.54) is 24.4 Å². The number of hydrogen-bond donors (Lipinski definition) is 2. The fraction of sp³-hybridized carbons (Fsp3) is 0.341. The fourth-order valence-corrected chi connectivity index (χ4v) is 7.00. The average Bonchev–Trinajstić information content (AvgIpc) is 3.49. The van der Waals surface area contributed by atoms with Gasteiger partial charge in [-0.1, -0.05) is 56.0 Å². The van der Waals surface area contributed by atoms with Gasteiger partial charge in [-0.15, -0.1) is 0 Å². The zero-order valence-corrected chi connectivity index (χ0v) is 32.4. The van der Waals surface area contributed by atoms with Gasteiger partial charge in [-0.3, -0.25) is 0 Å². The van der Waals surface area contributed by atoms with Gasteiger partial charge >= 0.3 is 12.2 Å². The van der Waals surface area contributed by atoms with Crippen LogP contribution in [0, 0.1) is 11.3 Å². The van der Waals surface area contributed by atoms with Crippen LogP contribution < -0.4 is 20.1 Å². The number of ether oxygens (including phenoxy) is 4. The van der Waals surface area contributed by atoms with Gasteiger partial charge in [0.25, 0.3) is 0 Å². The first-order valence-electron chi connectivity index (χ1n) is 18.0. The van der Waals surface area contributed by atoms with Gasteiger partial charge in [0.2, 0.25) is 0 Å². The maximum Gasteiger partial charge on any atom is 0.420 e. The molecule has 6 rings (SSSR count). The lowest BCUT2D eigenvalue weighted by molar-refractivity contribution is -0.138. The SMILES string of the molecule is CC(C)Oc1ccc(-c2cn(COCC[Si](C)(C)C)c3nccc(Oc4ccc(NC(=O)NCC5(c6ccccc6)COC5)cc4C(F)(F)F)c23)cc1C#N. The van der Waals surface area contributed by atoms with Crippen molar-refractivity contribution < 1.29 is 36.9 Å². The Bertz CT molecular complexity index is 2190. The topological polar surface area (TPSA) is 120 Å². The molecule has 1 aliphatic rings. The van der Waals surface area contributed by atoms with E-state index in [1.807, 2.05) is 44.2 Å². The van der Waals surface area contributed by atoms with E-state index in [0.29, 0.717) is 53.3 Å². The smallest absolute Gasteiger partial charge is 0.420 e. The van der Waals surface area contributed by atoms with Gasteiger partial charge in [0, 0.05) is 44.9 Å². The average molecular weight is 772 g/mol. The second-order valence-electron chi connectivity index (χ2n) is 15.1. The van der Waals surface area contributed by atoms with Crippen molar-refractivity contribution in [1.29, 1.82) is 5.26 Å². The van der Waals surface area contributed by atoms with Crippen LogP contribution in [-0.2, 0) is 27.8 Å². The highest BCUT2D eigenvalue weighted by Gasteiger charge is 2.41. The Morgan fingerprint density at radius 3 is 2.44 bits per heavy atom. The van der Waals surface area contributed by atoms with Gasteiger partial charge in [0.1, 0.15) is 41.3 Å². The predicted molar refractivity (Wildman–Crippen MR) is 207 cm³/mol. The summed E-state index contributed by atoms with van der Waals surface area (Å²) in [6.45, 7) is 12.2. The van der Waals surface area contributed by atoms with Crippen LogP contribution in [0.4, 0.5) is 23.7 Å². The van der Waals surface area contributed by atoms with Crippen molar-refractivity contribution in [3.8, 4) is 34.4 Å². The van der Waals surface area contributed by atoms with E-state index in [1.54, 1.807) is 29.0 Å². The summed E-state index contributed by atoms with van der Waals surface area (Å²) in [7, 11) is -1.37. The van der Waals surface area contributed by atoms with Crippen molar-refractivity contribution in [2.75, 3.05) is 31.7 Å². The molecule has 0 atom stereocenters. The molecule has 0 saturated carbocycles. The number of amides is 2. The Morgan fingerprint density at radius 2 is 1.78 bits per heavy atom. The van der Waals surface area contributed by atoms with Crippen LogP contribution >= 0.6 is 0 Å². The maximum atomic E-state index is 14.6. The minimum Gasteiger partial charge on any atom is -0.490 e. The Morgan fingerprint density at radius 1 is 1.04 bits per heavy atom. The number of carbonyl (C=O) groups excluding carboxylic acids is 1. The largest absolute Gasteiger partial charge is 0.490 e. The van der Waals surface area contributed by atoms with E-state index in [-0.39, 0.29) is 30.8 Å². The quantitative estimate of drug-likeness (QED) is 0.0853. The molecule has 0 unspecified atom stereocenters. The first-order valence-corrected chi connectivity index (χ1v) is 21.7. The number of fused-ring (bicyclic) bond motifs is 1. The summed E-state index contributed by atoms with van der Waals surface area (Å²) in [6.07, 6.45) is -1.73. The van der Waals surface area contributed by atoms with Crippen LogP contribution in [0.3, 0.4) is 0 Å². The Kier molecular flexibility index (Phi) is 11.6. The zero-order valence-electron chi connectivity index (χ0n) is 31.4. The number of carbonyl (C=O) groups is 1. The number of halogens is 3. The highest BCUT2D eigenvalue weighted by atomic mass is 28.3. The lowest BCUT2D eigenvalue weighted by atomic mass is 9.78. The molecule has 14 heteroatoms. The number of urea groups is 1. The first-order chi connectivity index (χ1) is 26.2. The molecular formula is C41H44F3N5O5Si. The van der Waals surface area contributed by atoms with E-state index in [4.69, 9.17) is 18.9 Å². The van der Waals surface area contributed by atoms with Crippen LogP contribution in [0.25, 0.3) is 22.2 Å². The van der Waals surface area contributed by atoms with Crippen LogP contribution in [0.15, 0.2) is 85.2 Å². The molecule has 0 bridgehead atoms. The molecule has 0 spiro atoms. The van der Waals surface area contributed by atoms with Crippen molar-refractivity contribution >= 4 is 30.8 Å². The molecule has 2 amide bonds. The zero-order chi connectivity index (χ0) is 39.4. The molecule has 2 N–H and O–H groups in total. The lowest BCUT2D eigenvalue weighted by Crippen LogP contribution is -2.54. The van der Waals surface area contributed by atoms with Gasteiger partial charge in [-0.05, 0) is 67.4 Å². The summed E-state index contributed by atoms with van der Waals surface area (Å²) in [5.41, 5.74) is 1.35.